The Bertz CT molecular complexity index is 1010. The van der Waals surface area contributed by atoms with Crippen LogP contribution in [0.25, 0.3) is 10.9 Å². The minimum atomic E-state index is -1.05. The molecule has 1 amide bonds. The molecule has 158 valence electrons. The summed E-state index contributed by atoms with van der Waals surface area (Å²) in [7, 11) is 0. The molecule has 1 saturated heterocycles. The van der Waals surface area contributed by atoms with E-state index in [-0.39, 0.29) is 18.1 Å². The molecule has 1 aliphatic rings. The van der Waals surface area contributed by atoms with Crippen molar-refractivity contribution in [2.75, 3.05) is 13.1 Å². The van der Waals surface area contributed by atoms with E-state index in [9.17, 15) is 13.6 Å². The van der Waals surface area contributed by atoms with E-state index < -0.39 is 6.30 Å². The molecule has 30 heavy (non-hydrogen) atoms. The molecular formula is C24H27F2N3O. The zero-order valence-electron chi connectivity index (χ0n) is 17.2. The van der Waals surface area contributed by atoms with Gasteiger partial charge in [0.05, 0.1) is 0 Å². The number of nitrogens with zero attached hydrogens (tertiary/aromatic N) is 2. The average Bonchev–Trinajstić information content (AvgIpc) is 3.17. The van der Waals surface area contributed by atoms with Gasteiger partial charge in [-0.05, 0) is 53.6 Å². The van der Waals surface area contributed by atoms with Crippen LogP contribution in [0.4, 0.5) is 8.78 Å². The van der Waals surface area contributed by atoms with Gasteiger partial charge in [0.15, 0.2) is 6.30 Å². The van der Waals surface area contributed by atoms with Gasteiger partial charge in [-0.2, -0.15) is 0 Å². The van der Waals surface area contributed by atoms with Crippen LogP contribution in [-0.4, -0.2) is 34.8 Å². The predicted octanol–water partition coefficient (Wildman–Crippen LogP) is 4.59. The van der Waals surface area contributed by atoms with Gasteiger partial charge in [-0.3, -0.25) is 9.69 Å². The van der Waals surface area contributed by atoms with Crippen LogP contribution in [-0.2, 0) is 17.8 Å². The summed E-state index contributed by atoms with van der Waals surface area (Å²) in [5.41, 5.74) is 3.03. The third-order valence-electron chi connectivity index (χ3n) is 5.94. The SMILES string of the molecule is CC(=O)NCc1ccc2ccn(C3CCN(C(F)Cc4ccc(F)cc4)CC3)c2c1. The van der Waals surface area contributed by atoms with Gasteiger partial charge >= 0.3 is 0 Å². The third-order valence-corrected chi connectivity index (χ3v) is 5.94. The number of rotatable bonds is 6. The van der Waals surface area contributed by atoms with E-state index in [1.54, 1.807) is 12.1 Å². The standard InChI is InChI=1S/C24H27F2N3O/c1-17(30)27-16-19-2-5-20-8-13-29(23(20)14-19)22-9-11-28(12-10-22)24(26)15-18-3-6-21(25)7-4-18/h2-8,13-14,22,24H,9-12,15-16H2,1H3,(H,27,30). The Morgan fingerprint density at radius 1 is 1.10 bits per heavy atom. The maximum Gasteiger partial charge on any atom is 0.217 e. The molecule has 6 heteroatoms. The Labute approximate surface area is 175 Å². The Morgan fingerprint density at radius 3 is 2.50 bits per heavy atom. The molecule has 1 aliphatic heterocycles. The summed E-state index contributed by atoms with van der Waals surface area (Å²) in [6, 6.07) is 14.7. The fourth-order valence-electron chi connectivity index (χ4n) is 4.24. The summed E-state index contributed by atoms with van der Waals surface area (Å²) in [6.07, 6.45) is 3.09. The molecule has 4 nitrogen and oxygen atoms in total. The molecule has 1 fully saturated rings. The molecule has 0 aliphatic carbocycles. The minimum absolute atomic E-state index is 0.0423. The number of benzene rings is 2. The zero-order valence-corrected chi connectivity index (χ0v) is 17.2. The summed E-state index contributed by atoms with van der Waals surface area (Å²) in [5, 5.41) is 4.01. The van der Waals surface area contributed by atoms with Crippen molar-refractivity contribution in [3.8, 4) is 0 Å². The number of piperidine rings is 1. The van der Waals surface area contributed by atoms with Crippen LogP contribution in [0.1, 0.15) is 36.9 Å². The monoisotopic (exact) mass is 411 g/mol. The predicted molar refractivity (Wildman–Crippen MR) is 114 cm³/mol. The Balaban J connectivity index is 1.39. The zero-order chi connectivity index (χ0) is 21.1. The van der Waals surface area contributed by atoms with Gasteiger partial charge in [0.2, 0.25) is 5.91 Å². The van der Waals surface area contributed by atoms with Gasteiger partial charge < -0.3 is 9.88 Å². The second-order valence-corrected chi connectivity index (χ2v) is 8.06. The van der Waals surface area contributed by atoms with Crippen LogP contribution in [0, 0.1) is 5.82 Å². The second kappa shape index (κ2) is 8.96. The number of carbonyl (C=O) groups is 1. The first kappa shape index (κ1) is 20.5. The number of fused-ring (bicyclic) bond motifs is 1. The maximum absolute atomic E-state index is 14.8. The van der Waals surface area contributed by atoms with Gasteiger partial charge in [0.25, 0.3) is 0 Å². The quantitative estimate of drug-likeness (QED) is 0.603. The number of alkyl halides is 1. The highest BCUT2D eigenvalue weighted by molar-refractivity contribution is 5.81. The van der Waals surface area contributed by atoms with E-state index in [2.05, 4.69) is 34.3 Å². The molecule has 1 atom stereocenters. The number of nitrogens with one attached hydrogen (secondary N) is 1. The minimum Gasteiger partial charge on any atom is -0.352 e. The Morgan fingerprint density at radius 2 is 1.80 bits per heavy atom. The van der Waals surface area contributed by atoms with Crippen molar-refractivity contribution in [3.05, 3.63) is 71.7 Å². The van der Waals surface area contributed by atoms with Crippen LogP contribution < -0.4 is 5.32 Å². The van der Waals surface area contributed by atoms with Crippen molar-refractivity contribution in [3.63, 3.8) is 0 Å². The number of aromatic nitrogens is 1. The highest BCUT2D eigenvalue weighted by Gasteiger charge is 2.26. The lowest BCUT2D eigenvalue weighted by Crippen LogP contribution is -2.40. The lowest BCUT2D eigenvalue weighted by molar-refractivity contribution is -0.119. The molecule has 0 radical (unpaired) electrons. The van der Waals surface area contributed by atoms with Crippen molar-refractivity contribution >= 4 is 16.8 Å². The Hall–Kier alpha value is -2.73. The van der Waals surface area contributed by atoms with Crippen molar-refractivity contribution in [1.82, 2.24) is 14.8 Å². The third kappa shape index (κ3) is 4.70. The molecule has 4 rings (SSSR count). The first-order chi connectivity index (χ1) is 14.5. The van der Waals surface area contributed by atoms with Gasteiger partial charge in [0, 0.05) is 50.7 Å². The summed E-state index contributed by atoms with van der Waals surface area (Å²) in [6.45, 7) is 3.42. The molecule has 2 heterocycles. The normalized spacial score (nSPS) is 16.6. The number of amides is 1. The number of hydrogen-bond acceptors (Lipinski definition) is 2. The van der Waals surface area contributed by atoms with Crippen LogP contribution in [0.2, 0.25) is 0 Å². The number of hydrogen-bond donors (Lipinski definition) is 1. The number of halogens is 2. The van der Waals surface area contributed by atoms with Crippen molar-refractivity contribution < 1.29 is 13.6 Å². The average molecular weight is 411 g/mol. The largest absolute Gasteiger partial charge is 0.352 e. The lowest BCUT2D eigenvalue weighted by Gasteiger charge is -2.35. The van der Waals surface area contributed by atoms with Crippen LogP contribution in [0.15, 0.2) is 54.7 Å². The van der Waals surface area contributed by atoms with Crippen LogP contribution >= 0.6 is 0 Å². The molecule has 1 unspecified atom stereocenters. The van der Waals surface area contributed by atoms with Gasteiger partial charge in [-0.25, -0.2) is 8.78 Å². The van der Waals surface area contributed by atoms with Crippen molar-refractivity contribution in [2.45, 2.75) is 45.1 Å². The van der Waals surface area contributed by atoms with Gasteiger partial charge in [-0.1, -0.05) is 24.3 Å². The first-order valence-electron chi connectivity index (χ1n) is 10.5. The molecule has 0 spiro atoms. The van der Waals surface area contributed by atoms with E-state index >= 15 is 0 Å². The summed E-state index contributed by atoms with van der Waals surface area (Å²) in [4.78, 5) is 13.1. The topological polar surface area (TPSA) is 37.3 Å². The van der Waals surface area contributed by atoms with Crippen molar-refractivity contribution in [2.24, 2.45) is 0 Å². The second-order valence-electron chi connectivity index (χ2n) is 8.06. The number of carbonyl (C=O) groups excluding carboxylic acids is 1. The number of likely N-dealkylation sites (tertiary alicyclic amines) is 1. The molecule has 0 bridgehead atoms. The molecule has 0 saturated carbocycles. The summed E-state index contributed by atoms with van der Waals surface area (Å²) < 4.78 is 30.1. The van der Waals surface area contributed by atoms with Crippen LogP contribution in [0.5, 0.6) is 0 Å². The van der Waals surface area contributed by atoms with E-state index in [1.807, 2.05) is 11.0 Å². The van der Waals surface area contributed by atoms with E-state index in [0.29, 0.717) is 25.7 Å². The smallest absolute Gasteiger partial charge is 0.217 e. The van der Waals surface area contributed by atoms with Crippen LogP contribution in [0.3, 0.4) is 0 Å². The summed E-state index contributed by atoms with van der Waals surface area (Å²) >= 11 is 0. The van der Waals surface area contributed by atoms with Gasteiger partial charge in [-0.15, -0.1) is 0 Å². The maximum atomic E-state index is 14.8. The fraction of sp³-hybridized carbons (Fsp3) is 0.375. The first-order valence-corrected chi connectivity index (χ1v) is 10.5. The Kier molecular flexibility index (Phi) is 6.13. The molecular weight excluding hydrogens is 384 g/mol. The lowest BCUT2D eigenvalue weighted by atomic mass is 10.0. The molecule has 2 aromatic carbocycles. The molecule has 1 N–H and O–H groups in total. The van der Waals surface area contributed by atoms with E-state index in [0.717, 1.165) is 29.5 Å². The van der Waals surface area contributed by atoms with E-state index in [1.165, 1.54) is 24.4 Å². The summed E-state index contributed by atoms with van der Waals surface area (Å²) in [5.74, 6) is -0.339. The molecule has 1 aromatic heterocycles. The molecule has 3 aromatic rings. The van der Waals surface area contributed by atoms with E-state index in [4.69, 9.17) is 0 Å². The van der Waals surface area contributed by atoms with Crippen molar-refractivity contribution in [1.29, 1.82) is 0 Å². The highest BCUT2D eigenvalue weighted by Crippen LogP contribution is 2.29. The fourth-order valence-corrected chi connectivity index (χ4v) is 4.24. The highest BCUT2D eigenvalue weighted by atomic mass is 19.1. The van der Waals surface area contributed by atoms with Gasteiger partial charge in [0.1, 0.15) is 5.82 Å².